The second kappa shape index (κ2) is 8.70. The van der Waals surface area contributed by atoms with Crippen molar-refractivity contribution < 1.29 is 4.79 Å². The number of nitrogens with zero attached hydrogens (tertiary/aromatic N) is 4. The summed E-state index contributed by atoms with van der Waals surface area (Å²) in [5.41, 5.74) is 1.30. The molecule has 3 heterocycles. The molecule has 0 radical (unpaired) electrons. The molecule has 3 aromatic rings. The zero-order valence-corrected chi connectivity index (χ0v) is 19.1. The van der Waals surface area contributed by atoms with E-state index in [0.29, 0.717) is 5.16 Å². The van der Waals surface area contributed by atoms with E-state index in [4.69, 9.17) is 4.98 Å². The minimum absolute atomic E-state index is 0.0813. The average molecular weight is 456 g/mol. The van der Waals surface area contributed by atoms with E-state index in [1.54, 1.807) is 29.8 Å². The zero-order valence-electron chi connectivity index (χ0n) is 17.5. The number of anilines is 1. The molecule has 0 spiro atoms. The molecule has 9 heteroatoms. The largest absolute Gasteiger partial charge is 0.294 e. The monoisotopic (exact) mass is 455 g/mol. The Morgan fingerprint density at radius 2 is 1.94 bits per heavy atom. The standard InChI is InChI=1S/C22H25N5O2S2/c1-13(18(28)25-21-23-11-6-12-24-21)30-22-26-19-17(15-9-4-5-10-16(15)31-19)20(29)27(22)14-7-2-3-8-14/h6,11-14H,2-5,7-10H2,1H3,(H,23,24,25,28). The van der Waals surface area contributed by atoms with Crippen molar-refractivity contribution in [3.8, 4) is 0 Å². The van der Waals surface area contributed by atoms with Gasteiger partial charge < -0.3 is 0 Å². The number of aryl methyl sites for hydroxylation is 2. The highest BCUT2D eigenvalue weighted by atomic mass is 32.2. The van der Waals surface area contributed by atoms with Gasteiger partial charge in [0.25, 0.3) is 5.56 Å². The van der Waals surface area contributed by atoms with Crippen LogP contribution in [0.2, 0.25) is 0 Å². The first-order valence-corrected chi connectivity index (χ1v) is 12.6. The van der Waals surface area contributed by atoms with E-state index in [9.17, 15) is 9.59 Å². The van der Waals surface area contributed by atoms with Crippen molar-refractivity contribution in [2.75, 3.05) is 5.32 Å². The first-order valence-electron chi connectivity index (χ1n) is 10.9. The van der Waals surface area contributed by atoms with Crippen LogP contribution in [0.4, 0.5) is 5.95 Å². The fraction of sp³-hybridized carbons (Fsp3) is 0.500. The van der Waals surface area contributed by atoms with E-state index >= 15 is 0 Å². The molecule has 0 bridgehead atoms. The van der Waals surface area contributed by atoms with Crippen molar-refractivity contribution in [2.24, 2.45) is 0 Å². The lowest BCUT2D eigenvalue weighted by Gasteiger charge is -2.20. The topological polar surface area (TPSA) is 89.8 Å². The molecular formula is C22H25N5O2S2. The Kier molecular flexibility index (Phi) is 5.79. The van der Waals surface area contributed by atoms with Crippen LogP contribution in [0.3, 0.4) is 0 Å². The van der Waals surface area contributed by atoms with Gasteiger partial charge in [0.15, 0.2) is 5.16 Å². The summed E-state index contributed by atoms with van der Waals surface area (Å²) < 4.78 is 1.89. The van der Waals surface area contributed by atoms with Gasteiger partial charge in [0.2, 0.25) is 11.9 Å². The molecule has 7 nitrogen and oxygen atoms in total. The molecule has 0 aromatic carbocycles. The van der Waals surface area contributed by atoms with Crippen molar-refractivity contribution in [2.45, 2.75) is 74.7 Å². The summed E-state index contributed by atoms with van der Waals surface area (Å²) in [6.45, 7) is 1.83. The maximum Gasteiger partial charge on any atom is 0.263 e. The van der Waals surface area contributed by atoms with Crippen molar-refractivity contribution in [1.29, 1.82) is 0 Å². The highest BCUT2D eigenvalue weighted by Crippen LogP contribution is 2.38. The molecule has 0 aliphatic heterocycles. The van der Waals surface area contributed by atoms with E-state index in [0.717, 1.165) is 55.2 Å². The smallest absolute Gasteiger partial charge is 0.263 e. The predicted octanol–water partition coefficient (Wildman–Crippen LogP) is 4.36. The van der Waals surface area contributed by atoms with E-state index in [-0.39, 0.29) is 23.5 Å². The van der Waals surface area contributed by atoms with E-state index in [1.807, 2.05) is 11.5 Å². The summed E-state index contributed by atoms with van der Waals surface area (Å²) in [5.74, 6) is 0.0801. The molecule has 1 fully saturated rings. The summed E-state index contributed by atoms with van der Waals surface area (Å²) in [5, 5.41) is 3.79. The van der Waals surface area contributed by atoms with Crippen LogP contribution >= 0.6 is 23.1 Å². The fourth-order valence-corrected chi connectivity index (χ4v) is 6.83. The second-order valence-corrected chi connectivity index (χ2v) is 10.6. The normalized spacial score (nSPS) is 17.6. The highest BCUT2D eigenvalue weighted by molar-refractivity contribution is 8.00. The molecular weight excluding hydrogens is 430 g/mol. The van der Waals surface area contributed by atoms with Crippen LogP contribution in [-0.4, -0.2) is 30.7 Å². The minimum atomic E-state index is -0.435. The Bertz CT molecular complexity index is 1170. The first-order chi connectivity index (χ1) is 15.1. The molecule has 0 saturated heterocycles. The maximum atomic E-state index is 13.7. The molecule has 1 amide bonds. The summed E-state index contributed by atoms with van der Waals surface area (Å²) in [4.78, 5) is 41.7. The molecule has 2 aliphatic rings. The predicted molar refractivity (Wildman–Crippen MR) is 124 cm³/mol. The summed E-state index contributed by atoms with van der Waals surface area (Å²) >= 11 is 3.01. The molecule has 5 rings (SSSR count). The number of hydrogen-bond acceptors (Lipinski definition) is 7. The fourth-order valence-electron chi connectivity index (χ4n) is 4.55. The lowest BCUT2D eigenvalue weighted by molar-refractivity contribution is -0.115. The number of carbonyl (C=O) groups is 1. The Balaban J connectivity index is 1.51. The SMILES string of the molecule is CC(Sc1nc2sc3c(c2c(=O)n1C1CCCC1)CCCC3)C(=O)Nc1ncccn1. The van der Waals surface area contributed by atoms with Crippen molar-refractivity contribution in [3.05, 3.63) is 39.3 Å². The Hall–Kier alpha value is -2.26. The highest BCUT2D eigenvalue weighted by Gasteiger charge is 2.28. The molecule has 2 aliphatic carbocycles. The first kappa shape index (κ1) is 20.6. The average Bonchev–Trinajstić information content (AvgIpc) is 3.42. The van der Waals surface area contributed by atoms with E-state index in [2.05, 4.69) is 15.3 Å². The number of carbonyl (C=O) groups excluding carboxylic acids is 1. The Morgan fingerprint density at radius 1 is 1.19 bits per heavy atom. The summed E-state index contributed by atoms with van der Waals surface area (Å²) in [6, 6.07) is 1.87. The van der Waals surface area contributed by atoms with Gasteiger partial charge in [-0.2, -0.15) is 0 Å². The molecule has 162 valence electrons. The summed E-state index contributed by atoms with van der Waals surface area (Å²) in [6.07, 6.45) is 11.7. The van der Waals surface area contributed by atoms with Crippen LogP contribution < -0.4 is 10.9 Å². The van der Waals surface area contributed by atoms with Crippen molar-refractivity contribution in [1.82, 2.24) is 19.5 Å². The van der Waals surface area contributed by atoms with Gasteiger partial charge in [-0.25, -0.2) is 15.0 Å². The number of hydrogen-bond donors (Lipinski definition) is 1. The van der Waals surface area contributed by atoms with Gasteiger partial charge in [0, 0.05) is 23.3 Å². The number of thiophene rings is 1. The van der Waals surface area contributed by atoms with E-state index in [1.165, 1.54) is 28.6 Å². The third-order valence-corrected chi connectivity index (χ3v) is 8.38. The number of aromatic nitrogens is 4. The second-order valence-electron chi connectivity index (χ2n) is 8.22. The number of fused-ring (bicyclic) bond motifs is 3. The van der Waals surface area contributed by atoms with Crippen LogP contribution in [0.15, 0.2) is 28.4 Å². The van der Waals surface area contributed by atoms with Gasteiger partial charge >= 0.3 is 0 Å². The van der Waals surface area contributed by atoms with Crippen molar-refractivity contribution in [3.63, 3.8) is 0 Å². The van der Waals surface area contributed by atoms with Crippen molar-refractivity contribution >= 4 is 45.2 Å². The molecule has 1 saturated carbocycles. The lowest BCUT2D eigenvalue weighted by atomic mass is 9.97. The van der Waals surface area contributed by atoms with E-state index < -0.39 is 5.25 Å². The third kappa shape index (κ3) is 4.01. The maximum absolute atomic E-state index is 13.7. The minimum Gasteiger partial charge on any atom is -0.294 e. The Labute approximate surface area is 188 Å². The number of thioether (sulfide) groups is 1. The van der Waals surface area contributed by atoms with Gasteiger partial charge in [-0.05, 0) is 57.1 Å². The van der Waals surface area contributed by atoms with Gasteiger partial charge in [-0.3, -0.25) is 19.5 Å². The van der Waals surface area contributed by atoms with Crippen LogP contribution in [0.5, 0.6) is 0 Å². The molecule has 3 aromatic heterocycles. The Morgan fingerprint density at radius 3 is 2.71 bits per heavy atom. The lowest BCUT2D eigenvalue weighted by Crippen LogP contribution is -2.29. The number of rotatable bonds is 5. The van der Waals surface area contributed by atoms with Gasteiger partial charge in [-0.1, -0.05) is 24.6 Å². The van der Waals surface area contributed by atoms with Gasteiger partial charge in [0.05, 0.1) is 10.6 Å². The molecule has 1 unspecified atom stereocenters. The third-order valence-electron chi connectivity index (χ3n) is 6.13. The van der Waals surface area contributed by atoms with Gasteiger partial charge in [-0.15, -0.1) is 11.3 Å². The van der Waals surface area contributed by atoms with Crippen LogP contribution in [0, 0.1) is 0 Å². The number of amides is 1. The molecule has 1 atom stereocenters. The van der Waals surface area contributed by atoms with Crippen LogP contribution in [-0.2, 0) is 17.6 Å². The number of nitrogens with one attached hydrogen (secondary N) is 1. The van der Waals surface area contributed by atoms with Gasteiger partial charge in [0.1, 0.15) is 4.83 Å². The molecule has 1 N–H and O–H groups in total. The summed E-state index contributed by atoms with van der Waals surface area (Å²) in [7, 11) is 0. The van der Waals surface area contributed by atoms with Crippen LogP contribution in [0.25, 0.3) is 10.2 Å². The van der Waals surface area contributed by atoms with Crippen LogP contribution in [0.1, 0.15) is 61.9 Å². The zero-order chi connectivity index (χ0) is 21.4. The molecule has 31 heavy (non-hydrogen) atoms. The quantitative estimate of drug-likeness (QED) is 0.454.